The number of fused-ring (bicyclic) bond motifs is 1. The smallest absolute Gasteiger partial charge is 0.319 e. The van der Waals surface area contributed by atoms with Crippen molar-refractivity contribution in [2.45, 2.75) is 38.6 Å². The van der Waals surface area contributed by atoms with Gasteiger partial charge in [0.15, 0.2) is 0 Å². The fraction of sp³-hybridized carbons (Fsp3) is 0.471. The van der Waals surface area contributed by atoms with E-state index in [9.17, 15) is 4.79 Å². The number of carbonyl (C=O) groups is 1. The predicted molar refractivity (Wildman–Crippen MR) is 86.5 cm³/mol. The quantitative estimate of drug-likeness (QED) is 0.864. The summed E-state index contributed by atoms with van der Waals surface area (Å²) in [7, 11) is 1.99. The van der Waals surface area contributed by atoms with Crippen LogP contribution in [0.25, 0.3) is 10.9 Å². The molecule has 1 heterocycles. The molecule has 1 aromatic carbocycles. The summed E-state index contributed by atoms with van der Waals surface area (Å²) in [6.07, 6.45) is 6.76. The molecule has 1 saturated carbocycles. The monoisotopic (exact) mass is 285 g/mol. The van der Waals surface area contributed by atoms with Crippen LogP contribution in [-0.4, -0.2) is 16.6 Å². The van der Waals surface area contributed by atoms with Crippen molar-refractivity contribution in [3.05, 3.63) is 30.5 Å². The number of benzene rings is 1. The Morgan fingerprint density at radius 3 is 2.81 bits per heavy atom. The van der Waals surface area contributed by atoms with Crippen molar-refractivity contribution in [1.82, 2.24) is 9.88 Å². The van der Waals surface area contributed by atoms with Gasteiger partial charge in [-0.3, -0.25) is 0 Å². The predicted octanol–water partition coefficient (Wildman–Crippen LogP) is 3.88. The Labute approximate surface area is 125 Å². The van der Waals surface area contributed by atoms with E-state index in [1.54, 1.807) is 0 Å². The number of amides is 2. The van der Waals surface area contributed by atoms with Gasteiger partial charge in [-0.05, 0) is 24.8 Å². The molecule has 0 spiro atoms. The number of nitrogens with one attached hydrogen (secondary N) is 2. The molecule has 4 heteroatoms. The van der Waals surface area contributed by atoms with Crippen LogP contribution in [0.2, 0.25) is 0 Å². The lowest BCUT2D eigenvalue weighted by molar-refractivity contribution is 0.232. The van der Waals surface area contributed by atoms with Crippen LogP contribution in [0.4, 0.5) is 10.5 Å². The van der Waals surface area contributed by atoms with E-state index in [2.05, 4.69) is 23.6 Å². The zero-order valence-corrected chi connectivity index (χ0v) is 12.7. The molecule has 0 unspecified atom stereocenters. The van der Waals surface area contributed by atoms with Gasteiger partial charge in [0.05, 0.1) is 5.69 Å². The first-order valence-electron chi connectivity index (χ1n) is 7.77. The number of nitrogens with zero attached hydrogens (tertiary/aromatic N) is 1. The summed E-state index contributed by atoms with van der Waals surface area (Å²) < 4.78 is 2.04. The molecule has 112 valence electrons. The van der Waals surface area contributed by atoms with E-state index >= 15 is 0 Å². The van der Waals surface area contributed by atoms with Crippen molar-refractivity contribution in [3.63, 3.8) is 0 Å². The molecule has 0 aliphatic heterocycles. The Morgan fingerprint density at radius 2 is 2.00 bits per heavy atom. The Kier molecular flexibility index (Phi) is 3.86. The van der Waals surface area contributed by atoms with E-state index < -0.39 is 0 Å². The lowest BCUT2D eigenvalue weighted by Gasteiger charge is -2.29. The van der Waals surface area contributed by atoms with Crippen LogP contribution in [0, 0.1) is 5.92 Å². The zero-order chi connectivity index (χ0) is 14.8. The third-order valence-electron chi connectivity index (χ3n) is 4.57. The second-order valence-corrected chi connectivity index (χ2v) is 6.14. The van der Waals surface area contributed by atoms with E-state index in [-0.39, 0.29) is 6.03 Å². The van der Waals surface area contributed by atoms with Crippen molar-refractivity contribution in [2.24, 2.45) is 13.0 Å². The number of anilines is 1. The number of aromatic nitrogens is 1. The number of rotatable bonds is 2. The van der Waals surface area contributed by atoms with Crippen molar-refractivity contribution in [2.75, 3.05) is 5.32 Å². The largest absolute Gasteiger partial charge is 0.348 e. The SMILES string of the molecule is C[C@@H]1CCCC[C@H]1NC(=O)Nc1cn(C)c2ccccc12. The van der Waals surface area contributed by atoms with Gasteiger partial charge in [-0.25, -0.2) is 4.79 Å². The normalized spacial score (nSPS) is 22.2. The van der Waals surface area contributed by atoms with Crippen LogP contribution >= 0.6 is 0 Å². The number of para-hydroxylation sites is 1. The minimum Gasteiger partial charge on any atom is -0.348 e. The summed E-state index contributed by atoms with van der Waals surface area (Å²) in [5.41, 5.74) is 1.99. The highest BCUT2D eigenvalue weighted by atomic mass is 16.2. The summed E-state index contributed by atoms with van der Waals surface area (Å²) in [5, 5.41) is 7.21. The van der Waals surface area contributed by atoms with Gasteiger partial charge in [-0.2, -0.15) is 0 Å². The molecule has 2 N–H and O–H groups in total. The molecular formula is C17H23N3O. The van der Waals surface area contributed by atoms with E-state index in [1.807, 2.05) is 36.0 Å². The zero-order valence-electron chi connectivity index (χ0n) is 12.7. The second-order valence-electron chi connectivity index (χ2n) is 6.14. The Hall–Kier alpha value is -1.97. The third-order valence-corrected chi connectivity index (χ3v) is 4.57. The third kappa shape index (κ3) is 2.89. The number of urea groups is 1. The highest BCUT2D eigenvalue weighted by molar-refractivity contribution is 6.01. The highest BCUT2D eigenvalue weighted by Gasteiger charge is 2.23. The Bertz CT molecular complexity index is 647. The van der Waals surface area contributed by atoms with Gasteiger partial charge in [-0.1, -0.05) is 38.0 Å². The maximum Gasteiger partial charge on any atom is 0.319 e. The minimum absolute atomic E-state index is 0.0925. The topological polar surface area (TPSA) is 46.1 Å². The second kappa shape index (κ2) is 5.80. The lowest BCUT2D eigenvalue weighted by atomic mass is 9.86. The number of hydrogen-bond acceptors (Lipinski definition) is 1. The molecule has 1 aliphatic carbocycles. The molecule has 2 aromatic rings. The molecule has 0 saturated heterocycles. The van der Waals surface area contributed by atoms with E-state index in [1.165, 1.54) is 19.3 Å². The average Bonchev–Trinajstić information content (AvgIpc) is 2.79. The maximum absolute atomic E-state index is 12.2. The first-order valence-corrected chi connectivity index (χ1v) is 7.77. The summed E-state index contributed by atoms with van der Waals surface area (Å²) in [6.45, 7) is 2.22. The van der Waals surface area contributed by atoms with Crippen LogP contribution in [0.3, 0.4) is 0 Å². The van der Waals surface area contributed by atoms with Crippen LogP contribution < -0.4 is 10.6 Å². The van der Waals surface area contributed by atoms with Gasteiger partial charge < -0.3 is 15.2 Å². The molecule has 2 amide bonds. The van der Waals surface area contributed by atoms with Crippen molar-refractivity contribution in [1.29, 1.82) is 0 Å². The van der Waals surface area contributed by atoms with Crippen LogP contribution in [0.15, 0.2) is 30.5 Å². The first-order chi connectivity index (χ1) is 10.1. The number of hydrogen-bond donors (Lipinski definition) is 2. The maximum atomic E-state index is 12.2. The molecule has 0 bridgehead atoms. The summed E-state index contributed by atoms with van der Waals surface area (Å²) >= 11 is 0. The van der Waals surface area contributed by atoms with E-state index in [0.29, 0.717) is 12.0 Å². The highest BCUT2D eigenvalue weighted by Crippen LogP contribution is 2.26. The van der Waals surface area contributed by atoms with E-state index in [0.717, 1.165) is 23.0 Å². The Morgan fingerprint density at radius 1 is 1.24 bits per heavy atom. The molecule has 1 aromatic heterocycles. The molecule has 3 rings (SSSR count). The van der Waals surface area contributed by atoms with Gasteiger partial charge in [0.2, 0.25) is 0 Å². The molecule has 4 nitrogen and oxygen atoms in total. The molecule has 1 aliphatic rings. The van der Waals surface area contributed by atoms with Crippen LogP contribution in [-0.2, 0) is 7.05 Å². The Balaban J connectivity index is 1.71. The standard InChI is InChI=1S/C17H23N3O/c1-12-7-3-5-9-14(12)18-17(21)19-15-11-20(2)16-10-6-4-8-13(15)16/h4,6,8,10-12,14H,3,5,7,9H2,1-2H3,(H2,18,19,21)/t12-,14-/m1/s1. The molecule has 2 atom stereocenters. The summed E-state index contributed by atoms with van der Waals surface area (Å²) in [6, 6.07) is 8.30. The van der Waals surface area contributed by atoms with Crippen molar-refractivity contribution < 1.29 is 4.79 Å². The lowest BCUT2D eigenvalue weighted by Crippen LogP contribution is -2.43. The molecule has 21 heavy (non-hydrogen) atoms. The van der Waals surface area contributed by atoms with Gasteiger partial charge >= 0.3 is 6.03 Å². The van der Waals surface area contributed by atoms with Crippen LogP contribution in [0.5, 0.6) is 0 Å². The molecule has 1 fully saturated rings. The fourth-order valence-corrected chi connectivity index (χ4v) is 3.30. The van der Waals surface area contributed by atoms with Crippen molar-refractivity contribution in [3.8, 4) is 0 Å². The number of carbonyl (C=O) groups excluding carboxylic acids is 1. The van der Waals surface area contributed by atoms with Gasteiger partial charge in [0.1, 0.15) is 0 Å². The minimum atomic E-state index is -0.0925. The van der Waals surface area contributed by atoms with E-state index in [4.69, 9.17) is 0 Å². The summed E-state index contributed by atoms with van der Waals surface area (Å²) in [5.74, 6) is 0.567. The molecule has 0 radical (unpaired) electrons. The average molecular weight is 285 g/mol. The van der Waals surface area contributed by atoms with Gasteiger partial charge in [0.25, 0.3) is 0 Å². The number of aryl methyl sites for hydroxylation is 1. The first kappa shape index (κ1) is 14.0. The van der Waals surface area contributed by atoms with Gasteiger partial charge in [-0.15, -0.1) is 0 Å². The van der Waals surface area contributed by atoms with Crippen molar-refractivity contribution >= 4 is 22.6 Å². The summed E-state index contributed by atoms with van der Waals surface area (Å²) in [4.78, 5) is 12.2. The van der Waals surface area contributed by atoms with Gasteiger partial charge in [0, 0.05) is 30.2 Å². The molecular weight excluding hydrogens is 262 g/mol. The fourth-order valence-electron chi connectivity index (χ4n) is 3.30. The van der Waals surface area contributed by atoms with Crippen LogP contribution in [0.1, 0.15) is 32.6 Å².